The molecule has 0 aliphatic rings. The molecule has 0 fully saturated rings. The Morgan fingerprint density at radius 1 is 1.33 bits per heavy atom. The molecule has 0 saturated carbocycles. The van der Waals surface area contributed by atoms with Crippen LogP contribution in [0.3, 0.4) is 0 Å². The Bertz CT molecular complexity index is 190. The van der Waals surface area contributed by atoms with Gasteiger partial charge in [0.15, 0.2) is 0 Å². The van der Waals surface area contributed by atoms with Crippen LogP contribution in [0.2, 0.25) is 19.6 Å². The van der Waals surface area contributed by atoms with Gasteiger partial charge in [-0.3, -0.25) is 0 Å². The summed E-state index contributed by atoms with van der Waals surface area (Å²) in [7, 11) is -1.16. The van der Waals surface area contributed by atoms with Gasteiger partial charge in [0.1, 0.15) is 8.07 Å². The highest BCUT2D eigenvalue weighted by Gasteiger charge is 2.06. The second-order valence-electron chi connectivity index (χ2n) is 3.85. The van der Waals surface area contributed by atoms with Crippen LogP contribution < -0.4 is 5.73 Å². The van der Waals surface area contributed by atoms with Crippen LogP contribution in [0.1, 0.15) is 12.8 Å². The molecule has 12 heavy (non-hydrogen) atoms. The Morgan fingerprint density at radius 3 is 2.50 bits per heavy atom. The molecule has 2 heteroatoms. The van der Waals surface area contributed by atoms with Crippen LogP contribution >= 0.6 is 0 Å². The van der Waals surface area contributed by atoms with Gasteiger partial charge < -0.3 is 5.73 Å². The lowest BCUT2D eigenvalue weighted by molar-refractivity contribution is 0.855. The molecule has 0 aliphatic carbocycles. The van der Waals surface area contributed by atoms with Crippen molar-refractivity contribution in [3.63, 3.8) is 0 Å². The predicted octanol–water partition coefficient (Wildman–Crippen LogP) is 2.16. The zero-order valence-corrected chi connectivity index (χ0v) is 9.35. The fraction of sp³-hybridized carbons (Fsp3) is 0.600. The summed E-state index contributed by atoms with van der Waals surface area (Å²) in [6.45, 7) is 7.50. The maximum Gasteiger partial charge on any atom is 0.129 e. The zero-order valence-electron chi connectivity index (χ0n) is 8.35. The molecular formula is C10H19NSi. The zero-order chi connectivity index (χ0) is 9.45. The quantitative estimate of drug-likeness (QED) is 0.403. The smallest absolute Gasteiger partial charge is 0.129 e. The molecule has 1 nitrogen and oxygen atoms in total. The Hall–Kier alpha value is -0.523. The van der Waals surface area contributed by atoms with E-state index in [9.17, 15) is 0 Å². The summed E-state index contributed by atoms with van der Waals surface area (Å²) < 4.78 is 0. The third-order valence-electron chi connectivity index (χ3n) is 1.22. The average Bonchev–Trinajstić information content (AvgIpc) is 1.94. The van der Waals surface area contributed by atoms with E-state index in [0.29, 0.717) is 0 Å². The lowest BCUT2D eigenvalue weighted by atomic mass is 10.3. The van der Waals surface area contributed by atoms with Gasteiger partial charge in [0.2, 0.25) is 0 Å². The minimum Gasteiger partial charge on any atom is -0.330 e. The fourth-order valence-corrected chi connectivity index (χ4v) is 1.15. The van der Waals surface area contributed by atoms with Gasteiger partial charge in [-0.1, -0.05) is 31.6 Å². The average molecular weight is 181 g/mol. The van der Waals surface area contributed by atoms with Crippen molar-refractivity contribution in [2.45, 2.75) is 32.5 Å². The molecule has 0 aromatic carbocycles. The van der Waals surface area contributed by atoms with Gasteiger partial charge in [0.05, 0.1) is 0 Å². The lowest BCUT2D eigenvalue weighted by Crippen LogP contribution is -2.16. The number of hydrogen-bond donors (Lipinski definition) is 1. The largest absolute Gasteiger partial charge is 0.330 e. The highest BCUT2D eigenvalue weighted by Crippen LogP contribution is 1.96. The van der Waals surface area contributed by atoms with E-state index in [1.54, 1.807) is 0 Å². The highest BCUT2D eigenvalue weighted by atomic mass is 28.3. The molecule has 68 valence electrons. The summed E-state index contributed by atoms with van der Waals surface area (Å²) in [5.41, 5.74) is 8.62. The predicted molar refractivity (Wildman–Crippen MR) is 58.6 cm³/mol. The summed E-state index contributed by atoms with van der Waals surface area (Å²) in [6.07, 6.45) is 6.16. The molecule has 0 aromatic heterocycles. The summed E-state index contributed by atoms with van der Waals surface area (Å²) in [5.74, 6) is 3.07. The molecule has 0 radical (unpaired) electrons. The van der Waals surface area contributed by atoms with Gasteiger partial charge in [-0.15, -0.1) is 5.54 Å². The fourth-order valence-electron chi connectivity index (χ4n) is 0.636. The van der Waals surface area contributed by atoms with Crippen LogP contribution in [0.5, 0.6) is 0 Å². The van der Waals surface area contributed by atoms with E-state index in [-0.39, 0.29) is 0 Å². The first-order valence-electron chi connectivity index (χ1n) is 4.44. The van der Waals surface area contributed by atoms with Gasteiger partial charge in [0.25, 0.3) is 0 Å². The first kappa shape index (κ1) is 11.5. The van der Waals surface area contributed by atoms with Crippen LogP contribution in [-0.4, -0.2) is 14.6 Å². The molecule has 0 aliphatic heterocycles. The molecule has 0 atom stereocenters. The van der Waals surface area contributed by atoms with E-state index in [1.807, 2.05) is 6.08 Å². The van der Waals surface area contributed by atoms with Crippen LogP contribution in [0.4, 0.5) is 0 Å². The Kier molecular flexibility index (Phi) is 5.78. The Morgan fingerprint density at radius 2 is 2.00 bits per heavy atom. The number of hydrogen-bond acceptors (Lipinski definition) is 1. The normalized spacial score (nSPS) is 11.3. The molecule has 0 rings (SSSR count). The standard InChI is InChI=1S/C10H19NSi/c1-12(2,3)10-8-6-4-5-7-9-11/h4,6H,5,7,9,11H2,1-3H3/b6-4-. The Balaban J connectivity index is 3.63. The van der Waals surface area contributed by atoms with Crippen LogP contribution in [0.15, 0.2) is 12.2 Å². The first-order valence-corrected chi connectivity index (χ1v) is 7.94. The van der Waals surface area contributed by atoms with Gasteiger partial charge >= 0.3 is 0 Å². The van der Waals surface area contributed by atoms with E-state index >= 15 is 0 Å². The molecule has 0 saturated heterocycles. The summed E-state index contributed by atoms with van der Waals surface area (Å²) in [4.78, 5) is 0. The molecular weight excluding hydrogens is 162 g/mol. The SMILES string of the molecule is C[Si](C)(C)C#C/C=C\CCCN. The van der Waals surface area contributed by atoms with E-state index < -0.39 is 8.07 Å². The van der Waals surface area contributed by atoms with Gasteiger partial charge in [-0.05, 0) is 25.5 Å². The van der Waals surface area contributed by atoms with Gasteiger partial charge in [-0.2, -0.15) is 0 Å². The van der Waals surface area contributed by atoms with Crippen molar-refractivity contribution in [3.05, 3.63) is 12.2 Å². The Labute approximate surface area is 77.1 Å². The first-order chi connectivity index (χ1) is 5.56. The van der Waals surface area contributed by atoms with Gasteiger partial charge in [0, 0.05) is 0 Å². The molecule has 0 heterocycles. The van der Waals surface area contributed by atoms with E-state index in [1.165, 1.54) is 0 Å². The number of allylic oxidation sites excluding steroid dienone is 2. The summed E-state index contributed by atoms with van der Waals surface area (Å²) in [5, 5.41) is 0. The molecule has 0 amide bonds. The monoisotopic (exact) mass is 181 g/mol. The van der Waals surface area contributed by atoms with E-state index in [4.69, 9.17) is 5.73 Å². The minimum atomic E-state index is -1.16. The third kappa shape index (κ3) is 9.48. The summed E-state index contributed by atoms with van der Waals surface area (Å²) in [6, 6.07) is 0. The molecule has 0 spiro atoms. The van der Waals surface area contributed by atoms with Gasteiger partial charge in [-0.25, -0.2) is 0 Å². The van der Waals surface area contributed by atoms with Crippen molar-refractivity contribution < 1.29 is 0 Å². The van der Waals surface area contributed by atoms with Crippen molar-refractivity contribution in [2.24, 2.45) is 5.73 Å². The van der Waals surface area contributed by atoms with Crippen LogP contribution in [-0.2, 0) is 0 Å². The van der Waals surface area contributed by atoms with Crippen LogP contribution in [0, 0.1) is 11.5 Å². The number of unbranched alkanes of at least 4 members (excludes halogenated alkanes) is 1. The number of rotatable bonds is 3. The van der Waals surface area contributed by atoms with E-state index in [0.717, 1.165) is 19.4 Å². The minimum absolute atomic E-state index is 0.770. The van der Waals surface area contributed by atoms with Crippen molar-refractivity contribution in [2.75, 3.05) is 6.54 Å². The molecule has 0 unspecified atom stereocenters. The van der Waals surface area contributed by atoms with E-state index in [2.05, 4.69) is 37.2 Å². The second kappa shape index (κ2) is 6.04. The van der Waals surface area contributed by atoms with Crippen LogP contribution in [0.25, 0.3) is 0 Å². The summed E-state index contributed by atoms with van der Waals surface area (Å²) >= 11 is 0. The van der Waals surface area contributed by atoms with Crippen molar-refractivity contribution in [3.8, 4) is 11.5 Å². The highest BCUT2D eigenvalue weighted by molar-refractivity contribution is 6.83. The maximum atomic E-state index is 5.35. The third-order valence-corrected chi connectivity index (χ3v) is 2.12. The topological polar surface area (TPSA) is 26.0 Å². The lowest BCUT2D eigenvalue weighted by Gasteiger charge is -2.01. The molecule has 0 aromatic rings. The van der Waals surface area contributed by atoms with Crippen molar-refractivity contribution in [1.82, 2.24) is 0 Å². The van der Waals surface area contributed by atoms with Crippen molar-refractivity contribution in [1.29, 1.82) is 0 Å². The molecule has 0 bridgehead atoms. The second-order valence-corrected chi connectivity index (χ2v) is 8.60. The van der Waals surface area contributed by atoms with Crippen molar-refractivity contribution >= 4 is 8.07 Å². The molecule has 2 N–H and O–H groups in total. The number of nitrogens with two attached hydrogens (primary N) is 1. The maximum absolute atomic E-state index is 5.35.